The van der Waals surface area contributed by atoms with Crippen LogP contribution in [0, 0.1) is 5.92 Å². The lowest BCUT2D eigenvalue weighted by atomic mass is 10.0. The summed E-state index contributed by atoms with van der Waals surface area (Å²) in [7, 11) is 9.72. The molecule has 0 fully saturated rings. The summed E-state index contributed by atoms with van der Waals surface area (Å²) in [6, 6.07) is 5.30. The quantitative estimate of drug-likeness (QED) is 0.507. The van der Waals surface area contributed by atoms with Crippen molar-refractivity contribution in [2.24, 2.45) is 5.92 Å². The predicted octanol–water partition coefficient (Wildman–Crippen LogP) is 3.35. The Kier molecular flexibility index (Phi) is 13.5. The number of fused-ring (bicyclic) bond motifs is 1. The van der Waals surface area contributed by atoms with Gasteiger partial charge in [-0.15, -0.1) is 0 Å². The number of aliphatic hydroxyl groups is 1. The Hall–Kier alpha value is -2.36. The number of benzene rings is 1. The van der Waals surface area contributed by atoms with Crippen LogP contribution in [0.1, 0.15) is 63.2 Å². The third kappa shape index (κ3) is 10.3. The molecule has 0 unspecified atom stereocenters. The predicted molar refractivity (Wildman–Crippen MR) is 157 cm³/mol. The van der Waals surface area contributed by atoms with Crippen molar-refractivity contribution in [2.75, 3.05) is 73.0 Å². The van der Waals surface area contributed by atoms with Crippen LogP contribution in [0.15, 0.2) is 18.2 Å². The number of rotatable bonds is 9. The lowest BCUT2D eigenvalue weighted by Crippen LogP contribution is -2.48. The van der Waals surface area contributed by atoms with E-state index in [1.54, 1.807) is 9.80 Å². The topological polar surface area (TPSA) is 85.8 Å². The first-order valence-corrected chi connectivity index (χ1v) is 14.3. The molecule has 39 heavy (non-hydrogen) atoms. The standard InChI is InChI=1S/C30H52N4O5/c1-22-19-34(23(2)21-35)30(37)26-18-25(32(6)7)14-15-27(26)39-24(3)12-9-10-17-38-28(22)20-33(8)29(36)13-11-16-31(4)5/h14-15,18,22-24,28,35H,9-13,16-17,19-21H2,1-8H3/t22-,23+,24+,28+/m0/s1. The molecule has 1 aromatic carbocycles. The molecule has 0 radical (unpaired) electrons. The van der Waals surface area contributed by atoms with E-state index in [0.717, 1.165) is 37.9 Å². The fourth-order valence-corrected chi connectivity index (χ4v) is 4.76. The molecule has 2 rings (SSSR count). The number of amides is 2. The summed E-state index contributed by atoms with van der Waals surface area (Å²) in [6.07, 6.45) is 3.67. The molecule has 1 heterocycles. The first-order valence-electron chi connectivity index (χ1n) is 14.3. The highest BCUT2D eigenvalue weighted by atomic mass is 16.5. The third-order valence-electron chi connectivity index (χ3n) is 7.43. The van der Waals surface area contributed by atoms with E-state index in [1.807, 2.05) is 72.2 Å². The number of hydrogen-bond donors (Lipinski definition) is 1. The Bertz CT molecular complexity index is 909. The maximum absolute atomic E-state index is 14.1. The molecule has 1 N–H and O–H groups in total. The number of carbonyl (C=O) groups excluding carboxylic acids is 2. The smallest absolute Gasteiger partial charge is 0.258 e. The number of likely N-dealkylation sites (N-methyl/N-ethyl adjacent to an activating group) is 1. The van der Waals surface area contributed by atoms with Crippen LogP contribution in [-0.2, 0) is 9.53 Å². The second-order valence-corrected chi connectivity index (χ2v) is 11.6. The number of nitrogens with zero attached hydrogens (tertiary/aromatic N) is 4. The molecule has 9 heteroatoms. The van der Waals surface area contributed by atoms with Gasteiger partial charge in [0.2, 0.25) is 5.91 Å². The molecule has 0 bridgehead atoms. The molecule has 9 nitrogen and oxygen atoms in total. The van der Waals surface area contributed by atoms with Crippen LogP contribution in [0.5, 0.6) is 5.75 Å². The van der Waals surface area contributed by atoms with Gasteiger partial charge in [-0.05, 0) is 78.4 Å². The summed E-state index contributed by atoms with van der Waals surface area (Å²) >= 11 is 0. The van der Waals surface area contributed by atoms with Crippen molar-refractivity contribution in [3.05, 3.63) is 23.8 Å². The van der Waals surface area contributed by atoms with Crippen molar-refractivity contribution in [2.45, 2.75) is 71.1 Å². The van der Waals surface area contributed by atoms with E-state index >= 15 is 0 Å². The first kappa shape index (κ1) is 32.8. The Balaban J connectivity index is 2.35. The molecular weight excluding hydrogens is 496 g/mol. The van der Waals surface area contributed by atoms with Gasteiger partial charge in [-0.2, -0.15) is 0 Å². The van der Waals surface area contributed by atoms with Crippen molar-refractivity contribution < 1.29 is 24.2 Å². The Labute approximate surface area is 236 Å². The minimum Gasteiger partial charge on any atom is -0.490 e. The summed E-state index contributed by atoms with van der Waals surface area (Å²) in [6.45, 7) is 8.06. The highest BCUT2D eigenvalue weighted by Crippen LogP contribution is 2.29. The minimum absolute atomic E-state index is 0.0611. The van der Waals surface area contributed by atoms with Gasteiger partial charge >= 0.3 is 0 Å². The lowest BCUT2D eigenvalue weighted by Gasteiger charge is -2.36. The lowest BCUT2D eigenvalue weighted by molar-refractivity contribution is -0.132. The van der Waals surface area contributed by atoms with E-state index in [4.69, 9.17) is 9.47 Å². The van der Waals surface area contributed by atoms with Crippen molar-refractivity contribution in [3.63, 3.8) is 0 Å². The van der Waals surface area contributed by atoms with E-state index in [9.17, 15) is 14.7 Å². The zero-order chi connectivity index (χ0) is 29.1. The van der Waals surface area contributed by atoms with Crippen LogP contribution < -0.4 is 9.64 Å². The number of anilines is 1. The van der Waals surface area contributed by atoms with Crippen LogP contribution in [0.3, 0.4) is 0 Å². The van der Waals surface area contributed by atoms with Gasteiger partial charge in [-0.25, -0.2) is 0 Å². The molecule has 0 aromatic heterocycles. The van der Waals surface area contributed by atoms with Crippen LogP contribution >= 0.6 is 0 Å². The zero-order valence-corrected chi connectivity index (χ0v) is 25.5. The Morgan fingerprint density at radius 2 is 1.87 bits per heavy atom. The maximum Gasteiger partial charge on any atom is 0.258 e. The van der Waals surface area contributed by atoms with E-state index < -0.39 is 6.04 Å². The van der Waals surface area contributed by atoms with Crippen molar-refractivity contribution in [1.82, 2.24) is 14.7 Å². The number of carbonyl (C=O) groups is 2. The average Bonchev–Trinajstić information content (AvgIpc) is 2.89. The van der Waals surface area contributed by atoms with E-state index in [-0.39, 0.29) is 36.5 Å². The molecule has 1 aliphatic heterocycles. The number of hydrogen-bond acceptors (Lipinski definition) is 7. The largest absolute Gasteiger partial charge is 0.490 e. The highest BCUT2D eigenvalue weighted by Gasteiger charge is 2.31. The molecule has 1 aliphatic rings. The fraction of sp³-hybridized carbons (Fsp3) is 0.733. The molecule has 4 atom stereocenters. The third-order valence-corrected chi connectivity index (χ3v) is 7.43. The average molecular weight is 549 g/mol. The van der Waals surface area contributed by atoms with Crippen LogP contribution in [0.4, 0.5) is 5.69 Å². The maximum atomic E-state index is 14.1. The van der Waals surface area contributed by atoms with Crippen LogP contribution in [0.2, 0.25) is 0 Å². The fourth-order valence-electron chi connectivity index (χ4n) is 4.76. The molecule has 222 valence electrons. The molecule has 0 aliphatic carbocycles. The molecule has 2 amide bonds. The van der Waals surface area contributed by atoms with E-state index in [2.05, 4.69) is 11.8 Å². The highest BCUT2D eigenvalue weighted by molar-refractivity contribution is 5.98. The molecule has 0 saturated carbocycles. The van der Waals surface area contributed by atoms with Gasteiger partial charge in [-0.3, -0.25) is 9.59 Å². The summed E-state index contributed by atoms with van der Waals surface area (Å²) < 4.78 is 12.6. The van der Waals surface area contributed by atoms with Gasteiger partial charge in [0, 0.05) is 58.9 Å². The van der Waals surface area contributed by atoms with Crippen molar-refractivity contribution in [3.8, 4) is 5.75 Å². The number of aliphatic hydroxyl groups excluding tert-OH is 1. The minimum atomic E-state index is -0.396. The SMILES string of the molecule is C[C@@H]1CCCCO[C@H](CN(C)C(=O)CCCN(C)C)[C@@H](C)CN([C@H](C)CO)C(=O)c2cc(N(C)C)ccc2O1. The summed E-state index contributed by atoms with van der Waals surface area (Å²) in [5.41, 5.74) is 1.39. The molecule has 0 saturated heterocycles. The monoisotopic (exact) mass is 548 g/mol. The van der Waals surface area contributed by atoms with Crippen LogP contribution in [-0.4, -0.2) is 118 Å². The van der Waals surface area contributed by atoms with Crippen molar-refractivity contribution in [1.29, 1.82) is 0 Å². The molecule has 0 spiro atoms. The Morgan fingerprint density at radius 3 is 2.51 bits per heavy atom. The van der Waals surface area contributed by atoms with Crippen LogP contribution in [0.25, 0.3) is 0 Å². The van der Waals surface area contributed by atoms with Gasteiger partial charge < -0.3 is 34.2 Å². The Morgan fingerprint density at radius 1 is 1.15 bits per heavy atom. The van der Waals surface area contributed by atoms with E-state index in [0.29, 0.717) is 37.4 Å². The van der Waals surface area contributed by atoms with Gasteiger partial charge in [0.25, 0.3) is 5.91 Å². The van der Waals surface area contributed by atoms with Crippen molar-refractivity contribution >= 4 is 17.5 Å². The van der Waals surface area contributed by atoms with Gasteiger partial charge in [0.1, 0.15) is 5.75 Å². The number of ether oxygens (including phenoxy) is 2. The van der Waals surface area contributed by atoms with Gasteiger partial charge in [0.15, 0.2) is 0 Å². The second-order valence-electron chi connectivity index (χ2n) is 11.6. The van der Waals surface area contributed by atoms with E-state index in [1.165, 1.54) is 0 Å². The molecular formula is C30H52N4O5. The van der Waals surface area contributed by atoms with Gasteiger partial charge in [-0.1, -0.05) is 6.92 Å². The van der Waals surface area contributed by atoms with Gasteiger partial charge in [0.05, 0.1) is 30.4 Å². The normalized spacial score (nSPS) is 22.1. The summed E-state index contributed by atoms with van der Waals surface area (Å²) in [4.78, 5) is 34.4. The first-order chi connectivity index (χ1) is 18.4. The zero-order valence-electron chi connectivity index (χ0n) is 25.5. The summed E-state index contributed by atoms with van der Waals surface area (Å²) in [5, 5.41) is 10.1. The summed E-state index contributed by atoms with van der Waals surface area (Å²) in [5.74, 6) is 0.412. The second kappa shape index (κ2) is 16.0. The molecule has 1 aromatic rings.